The molecule has 232 valence electrons. The highest BCUT2D eigenvalue weighted by atomic mass is 35.5. The molecular formula is C32H22Cl4N2O4P4. The minimum Gasteiger partial charge on any atom is -0.313 e. The molecule has 0 radical (unpaired) electrons. The summed E-state index contributed by atoms with van der Waals surface area (Å²) in [6, 6.07) is 31.8. The van der Waals surface area contributed by atoms with Gasteiger partial charge in [0.15, 0.2) is 15.0 Å². The largest absolute Gasteiger partial charge is 0.313 e. The van der Waals surface area contributed by atoms with Gasteiger partial charge in [0.1, 0.15) is 10.9 Å². The number of benzene rings is 5. The Morgan fingerprint density at radius 3 is 1.02 bits per heavy atom. The molecular weight excluding hydrogens is 742 g/mol. The highest BCUT2D eigenvalue weighted by Crippen LogP contribution is 2.68. The van der Waals surface area contributed by atoms with Crippen molar-refractivity contribution in [1.82, 2.24) is 10.2 Å². The molecule has 5 aromatic carbocycles. The molecule has 0 aliphatic rings. The Kier molecular flexibility index (Phi) is 9.85. The van der Waals surface area contributed by atoms with Crippen LogP contribution in [0.4, 0.5) is 0 Å². The zero-order valence-electron chi connectivity index (χ0n) is 23.5. The summed E-state index contributed by atoms with van der Waals surface area (Å²) in [6.07, 6.45) is 0. The average molecular weight is 764 g/mol. The van der Waals surface area contributed by atoms with Gasteiger partial charge < -0.3 is 18.3 Å². The van der Waals surface area contributed by atoms with Crippen LogP contribution in [0.5, 0.6) is 0 Å². The first-order valence-corrected chi connectivity index (χ1v) is 23.1. The Hall–Kier alpha value is -2.48. The summed E-state index contributed by atoms with van der Waals surface area (Å²) < 4.78 is 59.6. The number of hydrogen-bond acceptors (Lipinski definition) is 6. The van der Waals surface area contributed by atoms with Gasteiger partial charge >= 0.3 is 0 Å². The van der Waals surface area contributed by atoms with E-state index >= 15 is 9.13 Å². The van der Waals surface area contributed by atoms with Gasteiger partial charge in [0, 0.05) is 52.1 Å². The Labute approximate surface area is 286 Å². The van der Waals surface area contributed by atoms with Crippen LogP contribution in [0.1, 0.15) is 0 Å². The van der Waals surface area contributed by atoms with Crippen LogP contribution in [0, 0.1) is 0 Å². The second-order valence-corrected chi connectivity index (χ2v) is 24.8. The van der Waals surface area contributed by atoms with Gasteiger partial charge in [-0.25, -0.2) is 0 Å². The molecule has 0 saturated heterocycles. The highest BCUT2D eigenvalue weighted by Gasteiger charge is 2.42. The van der Waals surface area contributed by atoms with E-state index in [0.29, 0.717) is 41.5 Å². The summed E-state index contributed by atoms with van der Waals surface area (Å²) in [5, 5.41) is 12.4. The fraction of sp³-hybridized carbons (Fsp3) is 0. The molecule has 0 bridgehead atoms. The van der Waals surface area contributed by atoms with Crippen LogP contribution in [-0.2, 0) is 18.3 Å². The van der Waals surface area contributed by atoms with Gasteiger partial charge in [0.2, 0.25) is 13.7 Å². The summed E-state index contributed by atoms with van der Waals surface area (Å²) in [5.41, 5.74) is -0.0522. The van der Waals surface area contributed by atoms with E-state index in [0.717, 1.165) is 0 Å². The van der Waals surface area contributed by atoms with Crippen LogP contribution >= 0.6 is 75.0 Å². The van der Waals surface area contributed by atoms with E-state index in [2.05, 4.69) is 10.2 Å². The van der Waals surface area contributed by atoms with E-state index in [4.69, 9.17) is 46.4 Å². The predicted octanol–water partition coefficient (Wildman–Crippen LogP) is 8.47. The molecule has 46 heavy (non-hydrogen) atoms. The van der Waals surface area contributed by atoms with E-state index in [1.165, 1.54) is 0 Å². The zero-order valence-corrected chi connectivity index (χ0v) is 30.3. The normalized spacial score (nSPS) is 15.5. The van der Waals surface area contributed by atoms with Crippen LogP contribution in [0.25, 0.3) is 10.8 Å². The average Bonchev–Trinajstić information content (AvgIpc) is 3.08. The summed E-state index contributed by atoms with van der Waals surface area (Å²) in [6.45, 7) is -8.15. The van der Waals surface area contributed by atoms with Gasteiger partial charge in [-0.15, -0.1) is 10.2 Å². The Morgan fingerprint density at radius 2 is 0.717 bits per heavy atom. The maximum absolute atomic E-state index is 15.4. The highest BCUT2D eigenvalue weighted by molar-refractivity contribution is 8.37. The van der Waals surface area contributed by atoms with Crippen LogP contribution in [-0.4, -0.2) is 10.2 Å². The summed E-state index contributed by atoms with van der Waals surface area (Å²) in [5.74, 6) is 0. The molecule has 6 rings (SSSR count). The van der Waals surface area contributed by atoms with Crippen LogP contribution in [0.2, 0.25) is 20.1 Å². The quantitative estimate of drug-likeness (QED) is 0.145. The minimum atomic E-state index is -4.08. The third-order valence-electron chi connectivity index (χ3n) is 7.38. The molecule has 0 aliphatic heterocycles. The van der Waals surface area contributed by atoms with Crippen molar-refractivity contribution in [2.75, 3.05) is 0 Å². The van der Waals surface area contributed by atoms with Crippen molar-refractivity contribution in [2.45, 2.75) is 0 Å². The molecule has 1 heterocycles. The van der Waals surface area contributed by atoms with E-state index in [1.807, 2.05) is 0 Å². The maximum atomic E-state index is 15.4. The van der Waals surface area contributed by atoms with Crippen LogP contribution in [0.15, 0.2) is 121 Å². The minimum absolute atomic E-state index is 0.0261. The van der Waals surface area contributed by atoms with Gasteiger partial charge in [0.25, 0.3) is 0 Å². The topological polar surface area (TPSA) is 94.1 Å². The zero-order chi connectivity index (χ0) is 32.6. The molecule has 0 N–H and O–H groups in total. The number of aromatic nitrogens is 2. The molecule has 4 unspecified atom stereocenters. The monoisotopic (exact) mass is 762 g/mol. The first-order valence-electron chi connectivity index (χ1n) is 13.6. The number of nitrogens with zero attached hydrogens (tertiary/aromatic N) is 2. The molecule has 6 aromatic rings. The molecule has 0 saturated carbocycles. The summed E-state index contributed by atoms with van der Waals surface area (Å²) in [7, 11) is -6.29. The SMILES string of the molecule is O=[PH](c1ccc(Cl)cc1)P(=O)(c1ccc(Cl)cc1)c1nnc(P(=O)(c2ccc(Cl)cc2)[PH](=O)c2ccc(Cl)cc2)c2ccccc12. The lowest BCUT2D eigenvalue weighted by molar-refractivity contribution is 0.581. The third-order valence-corrected chi connectivity index (χ3v) is 22.9. The standard InChI is InChI=1S/C32H22Cl4N2O4P4/c33-21-5-13-25(14-6-21)43(39)45(41,27-17-9-23(35)10-18-27)31-29-3-1-2-4-30(29)32(38-37-31)46(42,28-19-11-24(36)12-20-28)44(40)26-15-7-22(34)8-16-26/h1-20,43-44H. The number of rotatable bonds is 8. The van der Waals surface area contributed by atoms with E-state index in [-0.39, 0.29) is 21.5 Å². The second kappa shape index (κ2) is 13.6. The van der Waals surface area contributed by atoms with Crippen molar-refractivity contribution >= 4 is 118 Å². The third kappa shape index (κ3) is 6.12. The first-order chi connectivity index (χ1) is 22.0. The molecule has 0 fully saturated rings. The lowest BCUT2D eigenvalue weighted by atomic mass is 10.2. The summed E-state index contributed by atoms with van der Waals surface area (Å²) >= 11 is 24.5. The fourth-order valence-electron chi connectivity index (χ4n) is 5.06. The Bertz CT molecular complexity index is 2070. The maximum Gasteiger partial charge on any atom is 0.219 e. The fourth-order valence-corrected chi connectivity index (χ4v) is 18.6. The van der Waals surface area contributed by atoms with Crippen molar-refractivity contribution in [3.05, 3.63) is 141 Å². The van der Waals surface area contributed by atoms with E-state index < -0.39 is 28.6 Å². The number of fused-ring (bicyclic) bond motifs is 1. The molecule has 0 amide bonds. The lowest BCUT2D eigenvalue weighted by Crippen LogP contribution is -2.27. The Morgan fingerprint density at radius 1 is 0.435 bits per heavy atom. The molecule has 0 spiro atoms. The van der Waals surface area contributed by atoms with Gasteiger partial charge in [0.05, 0.1) is 0 Å². The van der Waals surface area contributed by atoms with Gasteiger partial charge in [-0.1, -0.05) is 70.7 Å². The first kappa shape index (κ1) is 33.4. The number of hydrogen-bond donors (Lipinski definition) is 0. The smallest absolute Gasteiger partial charge is 0.219 e. The van der Waals surface area contributed by atoms with Crippen molar-refractivity contribution in [3.8, 4) is 0 Å². The van der Waals surface area contributed by atoms with Crippen molar-refractivity contribution < 1.29 is 18.3 Å². The molecule has 14 heteroatoms. The van der Waals surface area contributed by atoms with Crippen molar-refractivity contribution in [3.63, 3.8) is 0 Å². The van der Waals surface area contributed by atoms with E-state index in [9.17, 15) is 9.13 Å². The summed E-state index contributed by atoms with van der Waals surface area (Å²) in [4.78, 5) is 0. The van der Waals surface area contributed by atoms with Crippen LogP contribution in [0.3, 0.4) is 0 Å². The Balaban J connectivity index is 1.64. The van der Waals surface area contributed by atoms with E-state index in [1.54, 1.807) is 121 Å². The second-order valence-electron chi connectivity index (χ2n) is 10.2. The van der Waals surface area contributed by atoms with Crippen molar-refractivity contribution in [2.24, 2.45) is 0 Å². The molecule has 4 atom stereocenters. The molecule has 1 aromatic heterocycles. The predicted molar refractivity (Wildman–Crippen MR) is 196 cm³/mol. The molecule has 6 nitrogen and oxygen atoms in total. The number of halogens is 4. The van der Waals surface area contributed by atoms with Gasteiger partial charge in [-0.3, -0.25) is 0 Å². The van der Waals surface area contributed by atoms with Gasteiger partial charge in [-0.2, -0.15) is 0 Å². The lowest BCUT2D eigenvalue weighted by Gasteiger charge is -2.23. The van der Waals surface area contributed by atoms with Crippen molar-refractivity contribution in [1.29, 1.82) is 0 Å². The molecule has 0 aliphatic carbocycles. The van der Waals surface area contributed by atoms with Crippen LogP contribution < -0.4 is 32.1 Å². The van der Waals surface area contributed by atoms with Gasteiger partial charge in [-0.05, 0) is 97.1 Å².